The number of carbonyl (C=O) groups is 3. The van der Waals surface area contributed by atoms with E-state index in [-0.39, 0.29) is 24.8 Å². The molecule has 1 aliphatic heterocycles. The van der Waals surface area contributed by atoms with Gasteiger partial charge < -0.3 is 10.0 Å². The van der Waals surface area contributed by atoms with Crippen molar-refractivity contribution in [3.63, 3.8) is 0 Å². The molecule has 19 heavy (non-hydrogen) atoms. The molecule has 1 rings (SSSR count). The molecule has 7 heteroatoms. The van der Waals surface area contributed by atoms with Gasteiger partial charge in [0.2, 0.25) is 5.91 Å². The molecule has 108 valence electrons. The molecule has 0 radical (unpaired) electrons. The fraction of sp³-hybridized carbons (Fsp3) is 0.750. The Kier molecular flexibility index (Phi) is 7.32. The molecule has 3 amide bonds. The summed E-state index contributed by atoms with van der Waals surface area (Å²) in [4.78, 5) is 35.3. The zero-order valence-electron chi connectivity index (χ0n) is 10.9. The zero-order chi connectivity index (χ0) is 14.1. The average molecular weight is 288 g/mol. The molecule has 2 N–H and O–H groups in total. The van der Waals surface area contributed by atoms with Gasteiger partial charge in [-0.2, -0.15) is 11.8 Å². The summed E-state index contributed by atoms with van der Waals surface area (Å²) < 4.78 is 0. The summed E-state index contributed by atoms with van der Waals surface area (Å²) in [6.07, 6.45) is 2.15. The number of urea groups is 1. The first kappa shape index (κ1) is 15.8. The number of amides is 3. The van der Waals surface area contributed by atoms with Gasteiger partial charge in [-0.25, -0.2) is 4.79 Å². The van der Waals surface area contributed by atoms with Gasteiger partial charge in [-0.15, -0.1) is 0 Å². The predicted octanol–water partition coefficient (Wildman–Crippen LogP) is 1.31. The Morgan fingerprint density at radius 2 is 1.84 bits per heavy atom. The molecule has 1 saturated heterocycles. The number of carboxylic acids is 1. The number of carboxylic acid groups (broad SMARTS) is 1. The van der Waals surface area contributed by atoms with E-state index in [4.69, 9.17) is 5.11 Å². The van der Waals surface area contributed by atoms with Gasteiger partial charge in [-0.05, 0) is 25.0 Å². The van der Waals surface area contributed by atoms with E-state index >= 15 is 0 Å². The number of thioether (sulfide) groups is 1. The molecular formula is C12H20N2O4S. The van der Waals surface area contributed by atoms with Crippen molar-refractivity contribution in [2.45, 2.75) is 32.1 Å². The van der Waals surface area contributed by atoms with Gasteiger partial charge in [0.25, 0.3) is 0 Å². The van der Waals surface area contributed by atoms with Crippen molar-refractivity contribution >= 4 is 29.7 Å². The summed E-state index contributed by atoms with van der Waals surface area (Å²) in [5, 5.41) is 10.8. The van der Waals surface area contributed by atoms with Crippen molar-refractivity contribution in [3.05, 3.63) is 0 Å². The molecular weight excluding hydrogens is 268 g/mol. The van der Waals surface area contributed by atoms with Crippen LogP contribution in [-0.4, -0.2) is 52.5 Å². The second-order valence-corrected chi connectivity index (χ2v) is 5.63. The minimum absolute atomic E-state index is 0.0601. The maximum atomic E-state index is 11.8. The van der Waals surface area contributed by atoms with Crippen molar-refractivity contribution in [2.24, 2.45) is 0 Å². The molecule has 0 aromatic rings. The zero-order valence-corrected chi connectivity index (χ0v) is 11.7. The Morgan fingerprint density at radius 3 is 2.58 bits per heavy atom. The number of hydrogen-bond donors (Lipinski definition) is 2. The van der Waals surface area contributed by atoms with Crippen LogP contribution in [0.25, 0.3) is 0 Å². The van der Waals surface area contributed by atoms with Gasteiger partial charge in [0.1, 0.15) is 0 Å². The lowest BCUT2D eigenvalue weighted by molar-refractivity contribution is -0.137. The topological polar surface area (TPSA) is 86.7 Å². The Balaban J connectivity index is 2.19. The van der Waals surface area contributed by atoms with Crippen LogP contribution >= 0.6 is 11.8 Å². The van der Waals surface area contributed by atoms with E-state index in [2.05, 4.69) is 5.32 Å². The van der Waals surface area contributed by atoms with E-state index in [0.717, 1.165) is 17.9 Å². The quantitative estimate of drug-likeness (QED) is 0.745. The summed E-state index contributed by atoms with van der Waals surface area (Å²) in [6.45, 7) is 1.36. The highest BCUT2D eigenvalue weighted by molar-refractivity contribution is 7.99. The van der Waals surface area contributed by atoms with Crippen LogP contribution in [0, 0.1) is 0 Å². The van der Waals surface area contributed by atoms with Crippen LogP contribution in [0.2, 0.25) is 0 Å². The normalized spacial score (nSPS) is 15.7. The van der Waals surface area contributed by atoms with Crippen molar-refractivity contribution < 1.29 is 19.5 Å². The van der Waals surface area contributed by atoms with Crippen LogP contribution in [0.4, 0.5) is 4.79 Å². The molecule has 1 fully saturated rings. The van der Waals surface area contributed by atoms with Gasteiger partial charge in [-0.3, -0.25) is 14.9 Å². The van der Waals surface area contributed by atoms with Crippen LogP contribution in [0.1, 0.15) is 32.1 Å². The van der Waals surface area contributed by atoms with Gasteiger partial charge >= 0.3 is 12.0 Å². The second kappa shape index (κ2) is 8.79. The van der Waals surface area contributed by atoms with Crippen LogP contribution in [0.3, 0.4) is 0 Å². The highest BCUT2D eigenvalue weighted by Crippen LogP contribution is 2.10. The third-order valence-electron chi connectivity index (χ3n) is 2.80. The van der Waals surface area contributed by atoms with Crippen molar-refractivity contribution in [1.82, 2.24) is 10.2 Å². The molecule has 0 saturated carbocycles. The maximum absolute atomic E-state index is 11.8. The summed E-state index contributed by atoms with van der Waals surface area (Å²) in [6, 6.07) is -0.328. The van der Waals surface area contributed by atoms with E-state index in [9.17, 15) is 14.4 Å². The fourth-order valence-electron chi connectivity index (χ4n) is 1.77. The van der Waals surface area contributed by atoms with Gasteiger partial charge in [0.15, 0.2) is 0 Å². The van der Waals surface area contributed by atoms with Crippen LogP contribution in [0.5, 0.6) is 0 Å². The average Bonchev–Trinajstić information content (AvgIpc) is 2.63. The Morgan fingerprint density at radius 1 is 1.11 bits per heavy atom. The van der Waals surface area contributed by atoms with Crippen molar-refractivity contribution in [2.75, 3.05) is 24.6 Å². The SMILES string of the molecule is O=C(O)CCCCC(=O)NC(=O)N1CCCSCC1. The molecule has 0 unspecified atom stereocenters. The third-order valence-corrected chi connectivity index (χ3v) is 3.85. The number of unbranched alkanes of at least 4 members (excludes halogenated alkanes) is 1. The van der Waals surface area contributed by atoms with Gasteiger partial charge in [0.05, 0.1) is 0 Å². The minimum Gasteiger partial charge on any atom is -0.481 e. The highest BCUT2D eigenvalue weighted by atomic mass is 32.2. The number of imide groups is 1. The number of carbonyl (C=O) groups excluding carboxylic acids is 2. The van der Waals surface area contributed by atoms with Crippen LogP contribution in [-0.2, 0) is 9.59 Å². The minimum atomic E-state index is -0.862. The summed E-state index contributed by atoms with van der Waals surface area (Å²) in [7, 11) is 0. The first-order valence-electron chi connectivity index (χ1n) is 6.48. The first-order valence-corrected chi connectivity index (χ1v) is 7.63. The molecule has 0 bridgehead atoms. The number of rotatable bonds is 5. The van der Waals surface area contributed by atoms with Gasteiger partial charge in [-0.1, -0.05) is 0 Å². The van der Waals surface area contributed by atoms with E-state index in [1.807, 2.05) is 11.8 Å². The van der Waals surface area contributed by atoms with E-state index in [1.54, 1.807) is 4.90 Å². The Labute approximate surface area is 116 Å². The standard InChI is InChI=1S/C12H20N2O4S/c15-10(4-1-2-5-11(16)17)13-12(18)14-6-3-8-19-9-7-14/h1-9H2,(H,16,17)(H,13,15,18). The molecule has 0 aromatic carbocycles. The molecule has 1 aliphatic rings. The summed E-state index contributed by atoms with van der Waals surface area (Å²) >= 11 is 1.81. The molecule has 0 aromatic heterocycles. The predicted molar refractivity (Wildman–Crippen MR) is 73.2 cm³/mol. The number of nitrogens with zero attached hydrogens (tertiary/aromatic N) is 1. The second-order valence-electron chi connectivity index (χ2n) is 4.41. The number of hydrogen-bond acceptors (Lipinski definition) is 4. The highest BCUT2D eigenvalue weighted by Gasteiger charge is 2.17. The fourth-order valence-corrected chi connectivity index (χ4v) is 2.66. The Bertz CT molecular complexity index is 328. The van der Waals surface area contributed by atoms with Crippen LogP contribution < -0.4 is 5.32 Å². The van der Waals surface area contributed by atoms with E-state index in [1.165, 1.54) is 0 Å². The maximum Gasteiger partial charge on any atom is 0.324 e. The Hall–Kier alpha value is -1.24. The largest absolute Gasteiger partial charge is 0.481 e. The molecule has 0 aliphatic carbocycles. The molecule has 6 nitrogen and oxygen atoms in total. The van der Waals surface area contributed by atoms with Crippen LogP contribution in [0.15, 0.2) is 0 Å². The lowest BCUT2D eigenvalue weighted by atomic mass is 10.2. The summed E-state index contributed by atoms with van der Waals surface area (Å²) in [5.74, 6) is 0.762. The monoisotopic (exact) mass is 288 g/mol. The number of aliphatic carboxylic acids is 1. The molecule has 0 atom stereocenters. The smallest absolute Gasteiger partial charge is 0.324 e. The lowest BCUT2D eigenvalue weighted by Crippen LogP contribution is -2.43. The van der Waals surface area contributed by atoms with Gasteiger partial charge in [0, 0.05) is 31.7 Å². The number of nitrogens with one attached hydrogen (secondary N) is 1. The third kappa shape index (κ3) is 7.05. The van der Waals surface area contributed by atoms with Crippen molar-refractivity contribution in [1.29, 1.82) is 0 Å². The van der Waals surface area contributed by atoms with E-state index < -0.39 is 5.97 Å². The van der Waals surface area contributed by atoms with E-state index in [0.29, 0.717) is 25.9 Å². The lowest BCUT2D eigenvalue weighted by Gasteiger charge is -2.19. The molecule has 1 heterocycles. The molecule has 0 spiro atoms. The first-order chi connectivity index (χ1) is 9.09. The van der Waals surface area contributed by atoms with Crippen molar-refractivity contribution in [3.8, 4) is 0 Å². The summed E-state index contributed by atoms with van der Waals surface area (Å²) in [5.41, 5.74) is 0.